The van der Waals surface area contributed by atoms with E-state index in [9.17, 15) is 0 Å². The fraction of sp³-hybridized carbons (Fsp3) is 1.00. The molecule has 0 aromatic heterocycles. The van der Waals surface area contributed by atoms with Crippen LogP contribution in [0.5, 0.6) is 0 Å². The zero-order valence-electron chi connectivity index (χ0n) is 8.17. The molecule has 0 aromatic carbocycles. The van der Waals surface area contributed by atoms with Crippen LogP contribution in [0.25, 0.3) is 0 Å². The summed E-state index contributed by atoms with van der Waals surface area (Å²) in [5.74, 6) is 6.22. The van der Waals surface area contributed by atoms with Crippen LogP contribution in [0.4, 0.5) is 0 Å². The molecule has 6 unspecified atom stereocenters. The Bertz CT molecular complexity index is 135. The van der Waals surface area contributed by atoms with E-state index in [2.05, 4.69) is 27.7 Å². The lowest BCUT2D eigenvalue weighted by atomic mass is 9.56. The van der Waals surface area contributed by atoms with Gasteiger partial charge in [-0.05, 0) is 41.9 Å². The predicted octanol–water partition coefficient (Wildman–Crippen LogP) is 3.18. The van der Waals surface area contributed by atoms with Gasteiger partial charge in [-0.3, -0.25) is 0 Å². The van der Waals surface area contributed by atoms with E-state index < -0.39 is 0 Å². The molecule has 0 N–H and O–H groups in total. The van der Waals surface area contributed by atoms with E-state index in [4.69, 9.17) is 0 Å². The van der Waals surface area contributed by atoms with Crippen molar-refractivity contribution in [1.82, 2.24) is 0 Å². The van der Waals surface area contributed by atoms with E-state index in [1.54, 1.807) is 0 Å². The van der Waals surface area contributed by atoms with Gasteiger partial charge in [0, 0.05) is 0 Å². The molecule has 2 saturated carbocycles. The van der Waals surface area contributed by atoms with Gasteiger partial charge in [0.05, 0.1) is 0 Å². The monoisotopic (exact) mass is 152 g/mol. The lowest BCUT2D eigenvalue weighted by Gasteiger charge is -2.49. The number of fused-ring (bicyclic) bond motifs is 1. The highest BCUT2D eigenvalue weighted by atomic mass is 14.6. The molecule has 64 valence electrons. The lowest BCUT2D eigenvalue weighted by Crippen LogP contribution is -2.44. The summed E-state index contributed by atoms with van der Waals surface area (Å²) in [6.45, 7) is 9.79. The highest BCUT2D eigenvalue weighted by Gasteiger charge is 2.53. The maximum atomic E-state index is 2.45. The third kappa shape index (κ3) is 0.816. The third-order valence-corrected chi connectivity index (χ3v) is 4.55. The highest BCUT2D eigenvalue weighted by Crippen LogP contribution is 2.59. The third-order valence-electron chi connectivity index (χ3n) is 4.55. The maximum absolute atomic E-state index is 2.45. The molecular weight excluding hydrogens is 132 g/mol. The van der Waals surface area contributed by atoms with Gasteiger partial charge in [0.2, 0.25) is 0 Å². The van der Waals surface area contributed by atoms with Crippen molar-refractivity contribution in [3.63, 3.8) is 0 Å². The topological polar surface area (TPSA) is 0 Å². The first kappa shape index (κ1) is 7.64. The molecule has 0 saturated heterocycles. The molecule has 0 nitrogen and oxygen atoms in total. The van der Waals surface area contributed by atoms with Crippen LogP contribution >= 0.6 is 0 Å². The maximum Gasteiger partial charge on any atom is -0.0326 e. The van der Waals surface area contributed by atoms with Crippen LogP contribution in [0, 0.1) is 35.5 Å². The van der Waals surface area contributed by atoms with E-state index in [0.717, 1.165) is 35.5 Å². The summed E-state index contributed by atoms with van der Waals surface area (Å²) in [4.78, 5) is 0. The van der Waals surface area contributed by atoms with Gasteiger partial charge in [-0.1, -0.05) is 27.7 Å². The summed E-state index contributed by atoms with van der Waals surface area (Å²) in [5.41, 5.74) is 0. The van der Waals surface area contributed by atoms with Crippen LogP contribution in [0.3, 0.4) is 0 Å². The molecule has 2 aliphatic rings. The fourth-order valence-corrected chi connectivity index (χ4v) is 3.95. The second-order valence-electron chi connectivity index (χ2n) is 5.06. The second kappa shape index (κ2) is 2.24. The van der Waals surface area contributed by atoms with Crippen LogP contribution in [0.1, 0.15) is 34.1 Å². The molecule has 2 aliphatic carbocycles. The van der Waals surface area contributed by atoms with Crippen LogP contribution in [-0.2, 0) is 0 Å². The molecule has 2 fully saturated rings. The van der Waals surface area contributed by atoms with E-state index >= 15 is 0 Å². The summed E-state index contributed by atoms with van der Waals surface area (Å²) in [6, 6.07) is 0. The number of rotatable bonds is 0. The highest BCUT2D eigenvalue weighted by molar-refractivity contribution is 5.01. The Balaban J connectivity index is 2.14. The quantitative estimate of drug-likeness (QED) is 0.500. The summed E-state index contributed by atoms with van der Waals surface area (Å²) in [7, 11) is 0. The van der Waals surface area contributed by atoms with Gasteiger partial charge in [0.25, 0.3) is 0 Å². The van der Waals surface area contributed by atoms with Crippen LogP contribution in [-0.4, -0.2) is 0 Å². The van der Waals surface area contributed by atoms with E-state index in [1.165, 1.54) is 6.42 Å². The van der Waals surface area contributed by atoms with Crippen molar-refractivity contribution in [3.05, 3.63) is 0 Å². The lowest BCUT2D eigenvalue weighted by molar-refractivity contribution is -0.00977. The summed E-state index contributed by atoms with van der Waals surface area (Å²) < 4.78 is 0. The van der Waals surface area contributed by atoms with Gasteiger partial charge in [-0.25, -0.2) is 0 Å². The Morgan fingerprint density at radius 2 is 1.09 bits per heavy atom. The van der Waals surface area contributed by atoms with Gasteiger partial charge in [0.15, 0.2) is 0 Å². The molecular formula is C11H20. The molecule has 0 radical (unpaired) electrons. The van der Waals surface area contributed by atoms with Gasteiger partial charge in [-0.15, -0.1) is 0 Å². The van der Waals surface area contributed by atoms with E-state index in [1.807, 2.05) is 0 Å². The van der Waals surface area contributed by atoms with Crippen LogP contribution in [0.15, 0.2) is 0 Å². The minimum absolute atomic E-state index is 1.01. The molecule has 0 aromatic rings. The van der Waals surface area contributed by atoms with Crippen molar-refractivity contribution in [1.29, 1.82) is 0 Å². The standard InChI is InChI=1S/C11H20/c1-6-5-7(2)11-9(4)8(3)10(6)11/h6-11H,5H2,1-4H3. The fourth-order valence-electron chi connectivity index (χ4n) is 3.95. The zero-order chi connectivity index (χ0) is 8.17. The summed E-state index contributed by atoms with van der Waals surface area (Å²) in [6.07, 6.45) is 1.49. The molecule has 0 heterocycles. The van der Waals surface area contributed by atoms with Crippen LogP contribution in [0.2, 0.25) is 0 Å². The Kier molecular flexibility index (Phi) is 1.56. The predicted molar refractivity (Wildman–Crippen MR) is 48.3 cm³/mol. The molecule has 0 heteroatoms. The number of hydrogen-bond donors (Lipinski definition) is 0. The largest absolute Gasteiger partial charge is 0.0622 e. The summed E-state index contributed by atoms with van der Waals surface area (Å²) >= 11 is 0. The SMILES string of the molecule is CC1CC(C)C2C(C)C(C)C12. The molecule has 2 rings (SSSR count). The molecule has 0 aliphatic heterocycles. The first-order valence-corrected chi connectivity index (χ1v) is 5.13. The molecule has 0 bridgehead atoms. The van der Waals surface area contributed by atoms with Crippen molar-refractivity contribution >= 4 is 0 Å². The van der Waals surface area contributed by atoms with Crippen LogP contribution < -0.4 is 0 Å². The average molecular weight is 152 g/mol. The van der Waals surface area contributed by atoms with Gasteiger partial charge >= 0.3 is 0 Å². The molecule has 6 atom stereocenters. The van der Waals surface area contributed by atoms with Crippen molar-refractivity contribution in [2.24, 2.45) is 35.5 Å². The van der Waals surface area contributed by atoms with Gasteiger partial charge < -0.3 is 0 Å². The van der Waals surface area contributed by atoms with Crippen molar-refractivity contribution in [2.45, 2.75) is 34.1 Å². The molecule has 11 heavy (non-hydrogen) atoms. The summed E-state index contributed by atoms with van der Waals surface area (Å²) in [5, 5.41) is 0. The Morgan fingerprint density at radius 1 is 0.727 bits per heavy atom. The van der Waals surface area contributed by atoms with Gasteiger partial charge in [-0.2, -0.15) is 0 Å². The first-order valence-electron chi connectivity index (χ1n) is 5.13. The minimum atomic E-state index is 1.01. The van der Waals surface area contributed by atoms with E-state index in [0.29, 0.717) is 0 Å². The molecule has 0 amide bonds. The minimum Gasteiger partial charge on any atom is -0.0622 e. The Morgan fingerprint density at radius 3 is 1.45 bits per heavy atom. The average Bonchev–Trinajstić information content (AvgIpc) is 2.21. The van der Waals surface area contributed by atoms with E-state index in [-0.39, 0.29) is 0 Å². The normalized spacial score (nSPS) is 62.2. The smallest absolute Gasteiger partial charge is 0.0326 e. The molecule has 0 spiro atoms. The Labute approximate surface area is 70.4 Å². The van der Waals surface area contributed by atoms with Crippen molar-refractivity contribution < 1.29 is 0 Å². The van der Waals surface area contributed by atoms with Gasteiger partial charge in [0.1, 0.15) is 0 Å². The zero-order valence-corrected chi connectivity index (χ0v) is 8.17. The number of hydrogen-bond acceptors (Lipinski definition) is 0. The first-order chi connectivity index (χ1) is 5.13. The van der Waals surface area contributed by atoms with Crippen molar-refractivity contribution in [2.75, 3.05) is 0 Å². The second-order valence-corrected chi connectivity index (χ2v) is 5.06. The Hall–Kier alpha value is 0. The van der Waals surface area contributed by atoms with Crippen molar-refractivity contribution in [3.8, 4) is 0 Å².